The minimum absolute atomic E-state index is 0.310. The van der Waals surface area contributed by atoms with Crippen molar-refractivity contribution >= 4 is 33.0 Å². The monoisotopic (exact) mass is 280 g/mol. The molecule has 0 atom stereocenters. The first-order valence-corrected chi connectivity index (χ1v) is 5.53. The van der Waals surface area contributed by atoms with Gasteiger partial charge in [-0.2, -0.15) is 0 Å². The van der Waals surface area contributed by atoms with Crippen molar-refractivity contribution in [1.29, 1.82) is 0 Å². The lowest BCUT2D eigenvalue weighted by molar-refractivity contribution is 0.632. The summed E-state index contributed by atoms with van der Waals surface area (Å²) in [6, 6.07) is 12.0. The van der Waals surface area contributed by atoms with Crippen LogP contribution < -0.4 is 11.1 Å². The smallest absolute Gasteiger partial charge is 0.148 e. The number of nitrogens with one attached hydrogen (secondary N) is 1. The zero-order valence-corrected chi connectivity index (χ0v) is 9.96. The van der Waals surface area contributed by atoms with Crippen molar-refractivity contribution in [3.05, 3.63) is 52.8 Å². The molecule has 0 aromatic heterocycles. The summed E-state index contributed by atoms with van der Waals surface area (Å²) in [6.07, 6.45) is 0. The van der Waals surface area contributed by atoms with Crippen molar-refractivity contribution < 1.29 is 4.39 Å². The first-order chi connectivity index (χ1) is 7.66. The molecule has 3 N–H and O–H groups in total. The molecule has 0 saturated heterocycles. The average Bonchev–Trinajstić information content (AvgIpc) is 2.26. The van der Waals surface area contributed by atoms with Crippen LogP contribution in [0.5, 0.6) is 0 Å². The summed E-state index contributed by atoms with van der Waals surface area (Å²) >= 11 is 3.33. The average molecular weight is 281 g/mol. The first-order valence-electron chi connectivity index (χ1n) is 4.73. The molecule has 0 saturated carbocycles. The fourth-order valence-corrected chi connectivity index (χ4v) is 1.61. The second-order valence-electron chi connectivity index (χ2n) is 3.34. The highest BCUT2D eigenvalue weighted by Gasteiger charge is 2.05. The Morgan fingerprint density at radius 3 is 2.38 bits per heavy atom. The molecule has 0 unspecified atom stereocenters. The van der Waals surface area contributed by atoms with Gasteiger partial charge in [0.2, 0.25) is 0 Å². The highest BCUT2D eigenvalue weighted by Crippen LogP contribution is 2.26. The Labute approximate surface area is 101 Å². The third-order valence-corrected chi connectivity index (χ3v) is 2.69. The van der Waals surface area contributed by atoms with Crippen molar-refractivity contribution in [3.8, 4) is 0 Å². The quantitative estimate of drug-likeness (QED) is 0.819. The highest BCUT2D eigenvalue weighted by molar-refractivity contribution is 9.10. The number of hydrogen-bond donors (Lipinski definition) is 2. The van der Waals surface area contributed by atoms with E-state index >= 15 is 0 Å². The molecule has 2 rings (SSSR count). The van der Waals surface area contributed by atoms with E-state index in [0.29, 0.717) is 11.4 Å². The second kappa shape index (κ2) is 4.53. The number of para-hydroxylation sites is 1. The topological polar surface area (TPSA) is 38.0 Å². The standard InChI is InChI=1S/C12H10BrFN2/c13-8-4-6-9(7-5-8)16-12-10(14)2-1-3-11(12)15/h1-7,16H,15H2. The minimum atomic E-state index is -0.358. The molecule has 0 aliphatic rings. The van der Waals surface area contributed by atoms with E-state index in [4.69, 9.17) is 5.73 Å². The zero-order valence-electron chi connectivity index (χ0n) is 8.37. The summed E-state index contributed by atoms with van der Waals surface area (Å²) in [5.41, 5.74) is 7.18. The largest absolute Gasteiger partial charge is 0.397 e. The molecule has 2 nitrogen and oxygen atoms in total. The van der Waals surface area contributed by atoms with Crippen LogP contribution in [0.3, 0.4) is 0 Å². The predicted octanol–water partition coefficient (Wildman–Crippen LogP) is 3.91. The molecule has 0 aliphatic heterocycles. The van der Waals surface area contributed by atoms with Crippen LogP contribution in [0.1, 0.15) is 0 Å². The fraction of sp³-hybridized carbons (Fsp3) is 0. The van der Waals surface area contributed by atoms with Crippen molar-refractivity contribution in [2.45, 2.75) is 0 Å². The maximum atomic E-state index is 13.5. The number of hydrogen-bond acceptors (Lipinski definition) is 2. The van der Waals surface area contributed by atoms with E-state index in [0.717, 1.165) is 10.2 Å². The van der Waals surface area contributed by atoms with Crippen LogP contribution in [0.25, 0.3) is 0 Å². The lowest BCUT2D eigenvalue weighted by Gasteiger charge is -2.10. The molecular weight excluding hydrogens is 271 g/mol. The molecule has 4 heteroatoms. The van der Waals surface area contributed by atoms with Gasteiger partial charge in [0.05, 0.1) is 11.4 Å². The van der Waals surface area contributed by atoms with Gasteiger partial charge in [0.25, 0.3) is 0 Å². The van der Waals surface area contributed by atoms with E-state index in [1.165, 1.54) is 6.07 Å². The molecule has 0 aliphatic carbocycles. The summed E-state index contributed by atoms with van der Waals surface area (Å²) < 4.78 is 14.4. The molecule has 82 valence electrons. The maximum absolute atomic E-state index is 13.5. The highest BCUT2D eigenvalue weighted by atomic mass is 79.9. The van der Waals surface area contributed by atoms with Gasteiger partial charge in [0, 0.05) is 10.2 Å². The van der Waals surface area contributed by atoms with E-state index in [2.05, 4.69) is 21.2 Å². The Balaban J connectivity index is 2.30. The van der Waals surface area contributed by atoms with Gasteiger partial charge >= 0.3 is 0 Å². The van der Waals surface area contributed by atoms with Crippen LogP contribution in [0.2, 0.25) is 0 Å². The molecule has 0 bridgehead atoms. The van der Waals surface area contributed by atoms with Crippen molar-refractivity contribution in [3.63, 3.8) is 0 Å². The molecule has 0 fully saturated rings. The Kier molecular flexibility index (Phi) is 3.10. The predicted molar refractivity (Wildman–Crippen MR) is 68.2 cm³/mol. The molecule has 0 heterocycles. The van der Waals surface area contributed by atoms with E-state index < -0.39 is 0 Å². The number of benzene rings is 2. The molecule has 2 aromatic rings. The number of rotatable bonds is 2. The Morgan fingerprint density at radius 1 is 1.06 bits per heavy atom. The molecule has 0 amide bonds. The van der Waals surface area contributed by atoms with Gasteiger partial charge in [-0.3, -0.25) is 0 Å². The van der Waals surface area contributed by atoms with Gasteiger partial charge in [-0.1, -0.05) is 22.0 Å². The third-order valence-electron chi connectivity index (χ3n) is 2.16. The molecule has 0 spiro atoms. The molecule has 16 heavy (non-hydrogen) atoms. The van der Waals surface area contributed by atoms with Gasteiger partial charge in [-0.15, -0.1) is 0 Å². The molecular formula is C12H10BrFN2. The van der Waals surface area contributed by atoms with Crippen molar-refractivity contribution in [1.82, 2.24) is 0 Å². The summed E-state index contributed by atoms with van der Waals surface area (Å²) in [4.78, 5) is 0. The van der Waals surface area contributed by atoms with Crippen molar-refractivity contribution in [2.24, 2.45) is 0 Å². The number of nitrogen functional groups attached to an aromatic ring is 1. The molecule has 0 radical (unpaired) electrons. The molecule has 2 aromatic carbocycles. The fourth-order valence-electron chi connectivity index (χ4n) is 1.35. The van der Waals surface area contributed by atoms with Crippen LogP contribution >= 0.6 is 15.9 Å². The SMILES string of the molecule is Nc1cccc(F)c1Nc1ccc(Br)cc1. The van der Waals surface area contributed by atoms with Gasteiger partial charge in [0.15, 0.2) is 0 Å². The van der Waals surface area contributed by atoms with Gasteiger partial charge < -0.3 is 11.1 Å². The van der Waals surface area contributed by atoms with Gasteiger partial charge in [0.1, 0.15) is 5.82 Å². The van der Waals surface area contributed by atoms with Crippen LogP contribution in [0.4, 0.5) is 21.5 Å². The van der Waals surface area contributed by atoms with Crippen LogP contribution in [-0.2, 0) is 0 Å². The summed E-state index contributed by atoms with van der Waals surface area (Å²) in [5, 5.41) is 2.95. The van der Waals surface area contributed by atoms with E-state index in [9.17, 15) is 4.39 Å². The van der Waals surface area contributed by atoms with E-state index in [-0.39, 0.29) is 5.82 Å². The minimum Gasteiger partial charge on any atom is -0.397 e. The number of nitrogens with two attached hydrogens (primary N) is 1. The van der Waals surface area contributed by atoms with Crippen LogP contribution in [0, 0.1) is 5.82 Å². The Hall–Kier alpha value is -1.55. The summed E-state index contributed by atoms with van der Waals surface area (Å²) in [5.74, 6) is -0.358. The van der Waals surface area contributed by atoms with E-state index in [1.807, 2.05) is 24.3 Å². The Morgan fingerprint density at radius 2 is 1.75 bits per heavy atom. The lowest BCUT2D eigenvalue weighted by atomic mass is 10.2. The van der Waals surface area contributed by atoms with Gasteiger partial charge in [-0.05, 0) is 36.4 Å². The summed E-state index contributed by atoms with van der Waals surface area (Å²) in [6.45, 7) is 0. The van der Waals surface area contributed by atoms with Crippen LogP contribution in [0.15, 0.2) is 46.9 Å². The number of halogens is 2. The lowest BCUT2D eigenvalue weighted by Crippen LogP contribution is -1.98. The third kappa shape index (κ3) is 2.33. The first kappa shape index (κ1) is 11.0. The number of anilines is 3. The van der Waals surface area contributed by atoms with Crippen LogP contribution in [-0.4, -0.2) is 0 Å². The second-order valence-corrected chi connectivity index (χ2v) is 4.25. The van der Waals surface area contributed by atoms with Gasteiger partial charge in [-0.25, -0.2) is 4.39 Å². The normalized spacial score (nSPS) is 10.1. The zero-order chi connectivity index (χ0) is 11.5. The Bertz CT molecular complexity index is 477. The summed E-state index contributed by atoms with van der Waals surface area (Å²) in [7, 11) is 0. The maximum Gasteiger partial charge on any atom is 0.148 e. The van der Waals surface area contributed by atoms with E-state index in [1.54, 1.807) is 12.1 Å². The van der Waals surface area contributed by atoms with Crippen molar-refractivity contribution in [2.75, 3.05) is 11.1 Å².